The van der Waals surface area contributed by atoms with Crippen molar-refractivity contribution in [3.63, 3.8) is 0 Å². The fourth-order valence-electron chi connectivity index (χ4n) is 9.68. The first-order chi connectivity index (χ1) is 32.7. The molecule has 0 amide bonds. The molecule has 0 unspecified atom stereocenters. The molecule has 9 aromatic carbocycles. The smallest absolute Gasteiger partial charge is 0.160 e. The number of hydrogen-bond donors (Lipinski definition) is 0. The average Bonchev–Trinajstić information content (AvgIpc) is 3.91. The van der Waals surface area contributed by atoms with Crippen LogP contribution in [0.2, 0.25) is 0 Å². The largest absolute Gasteiger partial charge is 0.309 e. The lowest BCUT2D eigenvalue weighted by atomic mass is 9.89. The van der Waals surface area contributed by atoms with Crippen molar-refractivity contribution in [3.8, 4) is 79.7 Å². The van der Waals surface area contributed by atoms with Gasteiger partial charge < -0.3 is 9.13 Å². The van der Waals surface area contributed by atoms with Gasteiger partial charge in [0, 0.05) is 66.2 Å². The molecule has 3 heterocycles. The van der Waals surface area contributed by atoms with Crippen LogP contribution >= 0.6 is 0 Å². The summed E-state index contributed by atoms with van der Waals surface area (Å²) in [4.78, 5) is 10.5. The molecular formula is C60H36N6. The minimum Gasteiger partial charge on any atom is -0.309 e. The number of nitriles is 2. The minimum absolute atomic E-state index is 0.520. The van der Waals surface area contributed by atoms with Crippen molar-refractivity contribution in [1.82, 2.24) is 19.1 Å². The Morgan fingerprint density at radius 3 is 1.27 bits per heavy atom. The van der Waals surface area contributed by atoms with E-state index in [1.807, 2.05) is 91.0 Å². The van der Waals surface area contributed by atoms with E-state index in [9.17, 15) is 10.5 Å². The van der Waals surface area contributed by atoms with Gasteiger partial charge in [0.1, 0.15) is 0 Å². The van der Waals surface area contributed by atoms with Crippen molar-refractivity contribution in [1.29, 1.82) is 10.5 Å². The summed E-state index contributed by atoms with van der Waals surface area (Å²) in [6.45, 7) is 0. The van der Waals surface area contributed by atoms with Crippen LogP contribution in [0.25, 0.3) is 111 Å². The van der Waals surface area contributed by atoms with E-state index >= 15 is 0 Å². The van der Waals surface area contributed by atoms with E-state index in [0.29, 0.717) is 17.0 Å². The first-order valence-electron chi connectivity index (χ1n) is 21.9. The first-order valence-corrected chi connectivity index (χ1v) is 21.9. The Morgan fingerprint density at radius 2 is 0.758 bits per heavy atom. The Bertz CT molecular complexity index is 3770. The maximum absolute atomic E-state index is 10.8. The summed E-state index contributed by atoms with van der Waals surface area (Å²) in [5, 5.41) is 26.1. The summed E-state index contributed by atoms with van der Waals surface area (Å²) in [5.41, 5.74) is 14.5. The third-order valence-electron chi connectivity index (χ3n) is 12.6. The quantitative estimate of drug-likeness (QED) is 0.160. The highest BCUT2D eigenvalue weighted by Gasteiger charge is 2.25. The molecule has 0 atom stereocenters. The van der Waals surface area contributed by atoms with Crippen molar-refractivity contribution in [2.75, 3.05) is 0 Å². The summed E-state index contributed by atoms with van der Waals surface area (Å²) in [6, 6.07) is 79.3. The lowest BCUT2D eigenvalue weighted by Crippen LogP contribution is -2.04. The van der Waals surface area contributed by atoms with Gasteiger partial charge in [0.15, 0.2) is 5.82 Å². The molecule has 0 aliphatic heterocycles. The molecule has 0 aliphatic carbocycles. The van der Waals surface area contributed by atoms with Crippen LogP contribution in [-0.2, 0) is 0 Å². The molecule has 0 radical (unpaired) electrons. The van der Waals surface area contributed by atoms with E-state index in [1.54, 1.807) is 0 Å². The molecule has 12 rings (SSSR count). The lowest BCUT2D eigenvalue weighted by Gasteiger charge is -2.22. The van der Waals surface area contributed by atoms with E-state index in [4.69, 9.17) is 9.97 Å². The highest BCUT2D eigenvalue weighted by molar-refractivity contribution is 6.13. The number of nitrogens with zero attached hydrogens (tertiary/aromatic N) is 6. The zero-order valence-corrected chi connectivity index (χ0v) is 35.5. The van der Waals surface area contributed by atoms with E-state index < -0.39 is 0 Å². The Labute approximate surface area is 380 Å². The SMILES string of the molecule is N#Cc1ccccc1-c1cc(-c2nc(-c3ccccc3)cc(-c3ccccc3)n2)cc(-c2ccccc2C#N)c1-n1c2ccccc2c2cc(-n3c4ccccc4c4ccccc43)ccc21. The maximum atomic E-state index is 10.8. The van der Waals surface area contributed by atoms with E-state index in [1.165, 1.54) is 10.8 Å². The van der Waals surface area contributed by atoms with Gasteiger partial charge in [-0.3, -0.25) is 0 Å². The van der Waals surface area contributed by atoms with Crippen LogP contribution in [0.15, 0.2) is 218 Å². The molecule has 0 bridgehead atoms. The summed E-state index contributed by atoms with van der Waals surface area (Å²) < 4.78 is 4.66. The molecule has 6 nitrogen and oxygen atoms in total. The van der Waals surface area contributed by atoms with E-state index in [2.05, 4.69) is 149 Å². The van der Waals surface area contributed by atoms with Crippen LogP contribution < -0.4 is 0 Å². The molecule has 0 saturated heterocycles. The Balaban J connectivity index is 1.20. The van der Waals surface area contributed by atoms with Gasteiger partial charge in [0.05, 0.1) is 62.4 Å². The molecule has 0 saturated carbocycles. The van der Waals surface area contributed by atoms with Crippen molar-refractivity contribution < 1.29 is 0 Å². The van der Waals surface area contributed by atoms with Crippen LogP contribution in [0.4, 0.5) is 0 Å². The average molecular weight is 841 g/mol. The van der Waals surface area contributed by atoms with Gasteiger partial charge in [-0.25, -0.2) is 9.97 Å². The van der Waals surface area contributed by atoms with Crippen LogP contribution in [0, 0.1) is 22.7 Å². The van der Waals surface area contributed by atoms with Crippen LogP contribution in [0.5, 0.6) is 0 Å². The maximum Gasteiger partial charge on any atom is 0.160 e. The Morgan fingerprint density at radius 1 is 0.333 bits per heavy atom. The van der Waals surface area contributed by atoms with Crippen molar-refractivity contribution in [3.05, 3.63) is 230 Å². The fourth-order valence-corrected chi connectivity index (χ4v) is 9.68. The molecule has 0 fully saturated rings. The molecule has 66 heavy (non-hydrogen) atoms. The second-order valence-electron chi connectivity index (χ2n) is 16.4. The third-order valence-corrected chi connectivity index (χ3v) is 12.6. The second kappa shape index (κ2) is 15.8. The highest BCUT2D eigenvalue weighted by atomic mass is 15.0. The fraction of sp³-hybridized carbons (Fsp3) is 0. The molecule has 3 aromatic heterocycles. The molecule has 6 heteroatoms. The lowest BCUT2D eigenvalue weighted by molar-refractivity contribution is 1.16. The van der Waals surface area contributed by atoms with Crippen LogP contribution in [0.3, 0.4) is 0 Å². The van der Waals surface area contributed by atoms with Gasteiger partial charge in [-0.05, 0) is 66.7 Å². The molecular weight excluding hydrogens is 805 g/mol. The molecule has 0 aliphatic rings. The second-order valence-corrected chi connectivity index (χ2v) is 16.4. The highest BCUT2D eigenvalue weighted by Crippen LogP contribution is 2.46. The Kier molecular flexibility index (Phi) is 9.16. The van der Waals surface area contributed by atoms with E-state index in [-0.39, 0.29) is 0 Å². The number of para-hydroxylation sites is 3. The summed E-state index contributed by atoms with van der Waals surface area (Å²) in [6.07, 6.45) is 0. The van der Waals surface area contributed by atoms with E-state index in [0.717, 1.165) is 94.5 Å². The van der Waals surface area contributed by atoms with Crippen molar-refractivity contribution in [2.24, 2.45) is 0 Å². The normalized spacial score (nSPS) is 11.3. The predicted molar refractivity (Wildman–Crippen MR) is 267 cm³/mol. The topological polar surface area (TPSA) is 83.2 Å². The van der Waals surface area contributed by atoms with Crippen molar-refractivity contribution >= 4 is 43.6 Å². The van der Waals surface area contributed by atoms with Crippen LogP contribution in [0.1, 0.15) is 11.1 Å². The zero-order valence-electron chi connectivity index (χ0n) is 35.5. The summed E-state index contributed by atoms with van der Waals surface area (Å²) >= 11 is 0. The molecule has 306 valence electrons. The third kappa shape index (κ3) is 6.25. The number of aromatic nitrogens is 4. The standard InChI is InChI=1S/C60H36N6/c61-37-41-21-7-9-23-45(41)51-33-43(60-63-53(39-17-3-1-4-18-39)36-54(64-60)40-19-5-2-6-20-40)34-52(46-24-10-8-22-42(46)38-62)59(51)66-57-30-16-13-27-49(57)50-35-44(31-32-58(50)66)65-55-28-14-11-25-47(55)48-26-12-15-29-56(48)65/h1-36H. The van der Waals surface area contributed by atoms with Crippen molar-refractivity contribution in [2.45, 2.75) is 0 Å². The number of rotatable bonds is 7. The zero-order chi connectivity index (χ0) is 44.1. The van der Waals surface area contributed by atoms with Gasteiger partial charge in [-0.15, -0.1) is 0 Å². The monoisotopic (exact) mass is 840 g/mol. The first kappa shape index (κ1) is 38.3. The predicted octanol–water partition coefficient (Wildman–Crippen LogP) is 14.7. The molecule has 0 spiro atoms. The molecule has 12 aromatic rings. The van der Waals surface area contributed by atoms with Crippen LogP contribution in [-0.4, -0.2) is 19.1 Å². The van der Waals surface area contributed by atoms with Gasteiger partial charge in [0.2, 0.25) is 0 Å². The molecule has 0 N–H and O–H groups in total. The number of fused-ring (bicyclic) bond motifs is 6. The summed E-state index contributed by atoms with van der Waals surface area (Å²) in [5.74, 6) is 0.520. The minimum atomic E-state index is 0.520. The van der Waals surface area contributed by atoms with Gasteiger partial charge in [-0.1, -0.05) is 152 Å². The van der Waals surface area contributed by atoms with Gasteiger partial charge in [0.25, 0.3) is 0 Å². The Hall–Kier alpha value is -9.36. The number of hydrogen-bond acceptors (Lipinski definition) is 4. The van der Waals surface area contributed by atoms with Gasteiger partial charge >= 0.3 is 0 Å². The number of benzene rings is 9. The summed E-state index contributed by atoms with van der Waals surface area (Å²) in [7, 11) is 0. The van der Waals surface area contributed by atoms with Gasteiger partial charge in [-0.2, -0.15) is 10.5 Å².